The molecule has 1 aromatic carbocycles. The summed E-state index contributed by atoms with van der Waals surface area (Å²) in [6.07, 6.45) is 4.04. The summed E-state index contributed by atoms with van der Waals surface area (Å²) >= 11 is 0. The van der Waals surface area contributed by atoms with Crippen molar-refractivity contribution in [2.24, 2.45) is 0 Å². The molecule has 3 heteroatoms. The third-order valence-electron chi connectivity index (χ3n) is 3.14. The van der Waals surface area contributed by atoms with Crippen LogP contribution >= 0.6 is 0 Å². The highest BCUT2D eigenvalue weighted by Gasteiger charge is 2.09. The van der Waals surface area contributed by atoms with Gasteiger partial charge in [0.05, 0.1) is 10.9 Å². The zero-order valence-electron chi connectivity index (χ0n) is 11.1. The van der Waals surface area contributed by atoms with Gasteiger partial charge in [0.2, 0.25) is 0 Å². The standard InChI is InChI=1S/C15H20N2O/c1-3-5-10-14-16-13-9-7-6-8-12(13)15(18)17(14)11-4-2/h6-9H,3-5,10-11H2,1-2H3. The van der Waals surface area contributed by atoms with Crippen LogP contribution in [0.1, 0.15) is 38.9 Å². The molecule has 0 aliphatic heterocycles. The monoisotopic (exact) mass is 244 g/mol. The molecule has 3 nitrogen and oxygen atoms in total. The van der Waals surface area contributed by atoms with Gasteiger partial charge in [-0.1, -0.05) is 32.4 Å². The summed E-state index contributed by atoms with van der Waals surface area (Å²) in [6, 6.07) is 7.61. The van der Waals surface area contributed by atoms with Crippen molar-refractivity contribution >= 4 is 10.9 Å². The fraction of sp³-hybridized carbons (Fsp3) is 0.467. The van der Waals surface area contributed by atoms with Crippen LogP contribution in [0, 0.1) is 0 Å². The van der Waals surface area contributed by atoms with Gasteiger partial charge in [0.25, 0.3) is 5.56 Å². The lowest BCUT2D eigenvalue weighted by molar-refractivity contribution is 0.590. The minimum atomic E-state index is 0.105. The first-order chi connectivity index (χ1) is 8.77. The van der Waals surface area contributed by atoms with Gasteiger partial charge in [-0.25, -0.2) is 4.98 Å². The van der Waals surface area contributed by atoms with Gasteiger partial charge in [-0.2, -0.15) is 0 Å². The van der Waals surface area contributed by atoms with Gasteiger partial charge in [-0.15, -0.1) is 0 Å². The number of rotatable bonds is 5. The largest absolute Gasteiger partial charge is 0.296 e. The maximum Gasteiger partial charge on any atom is 0.261 e. The molecule has 0 N–H and O–H groups in total. The van der Waals surface area contributed by atoms with Crippen molar-refractivity contribution < 1.29 is 0 Å². The second-order valence-corrected chi connectivity index (χ2v) is 4.61. The Bertz CT molecular complexity index is 587. The molecule has 0 amide bonds. The number of nitrogens with zero attached hydrogens (tertiary/aromatic N) is 2. The number of unbranched alkanes of at least 4 members (excludes halogenated alkanes) is 1. The summed E-state index contributed by atoms with van der Waals surface area (Å²) in [5.74, 6) is 0.933. The van der Waals surface area contributed by atoms with Crippen LogP contribution in [0.3, 0.4) is 0 Å². The van der Waals surface area contributed by atoms with Crippen molar-refractivity contribution in [1.82, 2.24) is 9.55 Å². The van der Waals surface area contributed by atoms with Gasteiger partial charge >= 0.3 is 0 Å². The number of benzene rings is 1. The summed E-state index contributed by atoms with van der Waals surface area (Å²) in [5.41, 5.74) is 0.925. The molecule has 96 valence electrons. The van der Waals surface area contributed by atoms with Crippen LogP contribution in [0.2, 0.25) is 0 Å². The Morgan fingerprint density at radius 3 is 2.67 bits per heavy atom. The summed E-state index contributed by atoms with van der Waals surface area (Å²) in [4.78, 5) is 17.1. The zero-order valence-corrected chi connectivity index (χ0v) is 11.1. The topological polar surface area (TPSA) is 34.9 Å². The molecule has 1 aromatic heterocycles. The average Bonchev–Trinajstić information content (AvgIpc) is 2.40. The Labute approximate surface area is 107 Å². The van der Waals surface area contributed by atoms with Crippen LogP contribution in [0.15, 0.2) is 29.1 Å². The SMILES string of the molecule is CCCCc1nc2ccccc2c(=O)n1CCC. The van der Waals surface area contributed by atoms with E-state index in [0.29, 0.717) is 0 Å². The zero-order chi connectivity index (χ0) is 13.0. The quantitative estimate of drug-likeness (QED) is 0.809. The number of aryl methyl sites for hydroxylation is 1. The van der Waals surface area contributed by atoms with Crippen molar-refractivity contribution in [3.63, 3.8) is 0 Å². The lowest BCUT2D eigenvalue weighted by Gasteiger charge is -2.12. The summed E-state index contributed by atoms with van der Waals surface area (Å²) in [6.45, 7) is 5.00. The lowest BCUT2D eigenvalue weighted by atomic mass is 10.2. The number of para-hydroxylation sites is 1. The first kappa shape index (κ1) is 12.8. The molecule has 0 saturated heterocycles. The molecule has 1 heterocycles. The molecule has 2 aromatic rings. The molecular weight excluding hydrogens is 224 g/mol. The molecule has 0 atom stereocenters. The highest BCUT2D eigenvalue weighted by molar-refractivity contribution is 5.77. The molecule has 0 bridgehead atoms. The minimum absolute atomic E-state index is 0.105. The van der Waals surface area contributed by atoms with Crippen molar-refractivity contribution in [2.75, 3.05) is 0 Å². The fourth-order valence-electron chi connectivity index (χ4n) is 2.19. The summed E-state index contributed by atoms with van der Waals surface area (Å²) in [7, 11) is 0. The summed E-state index contributed by atoms with van der Waals surface area (Å²) < 4.78 is 1.85. The van der Waals surface area contributed by atoms with E-state index in [2.05, 4.69) is 18.8 Å². The maximum atomic E-state index is 12.4. The van der Waals surface area contributed by atoms with Crippen molar-refractivity contribution in [3.05, 3.63) is 40.4 Å². The second-order valence-electron chi connectivity index (χ2n) is 4.61. The average molecular weight is 244 g/mol. The van der Waals surface area contributed by atoms with Crippen LogP contribution in [0.5, 0.6) is 0 Å². The van der Waals surface area contributed by atoms with E-state index < -0.39 is 0 Å². The third kappa shape index (κ3) is 2.45. The Morgan fingerprint density at radius 2 is 1.94 bits per heavy atom. The minimum Gasteiger partial charge on any atom is -0.296 e. The highest BCUT2D eigenvalue weighted by Crippen LogP contribution is 2.10. The number of aromatic nitrogens is 2. The number of fused-ring (bicyclic) bond motifs is 1. The van der Waals surface area contributed by atoms with Gasteiger partial charge in [0.1, 0.15) is 5.82 Å². The molecule has 0 aliphatic carbocycles. The van der Waals surface area contributed by atoms with Crippen LogP contribution in [0.4, 0.5) is 0 Å². The van der Waals surface area contributed by atoms with Crippen molar-refractivity contribution in [1.29, 1.82) is 0 Å². The molecule has 0 radical (unpaired) electrons. The van der Waals surface area contributed by atoms with Gasteiger partial charge in [-0.3, -0.25) is 9.36 Å². The molecular formula is C15H20N2O. The first-order valence-electron chi connectivity index (χ1n) is 6.76. The first-order valence-corrected chi connectivity index (χ1v) is 6.76. The van der Waals surface area contributed by atoms with Crippen molar-refractivity contribution in [3.8, 4) is 0 Å². The second kappa shape index (κ2) is 5.80. The van der Waals surface area contributed by atoms with Gasteiger partial charge in [0, 0.05) is 13.0 Å². The van der Waals surface area contributed by atoms with E-state index in [1.807, 2.05) is 28.8 Å². The van der Waals surface area contributed by atoms with E-state index in [9.17, 15) is 4.79 Å². The summed E-state index contributed by atoms with van der Waals surface area (Å²) in [5, 5.41) is 0.728. The highest BCUT2D eigenvalue weighted by atomic mass is 16.1. The van der Waals surface area contributed by atoms with Crippen LogP contribution < -0.4 is 5.56 Å². The van der Waals surface area contributed by atoms with Crippen LogP contribution in [-0.4, -0.2) is 9.55 Å². The van der Waals surface area contributed by atoms with Crippen LogP contribution in [-0.2, 0) is 13.0 Å². The van der Waals surface area contributed by atoms with Crippen LogP contribution in [0.25, 0.3) is 10.9 Å². The predicted molar refractivity (Wildman–Crippen MR) is 74.9 cm³/mol. The smallest absolute Gasteiger partial charge is 0.261 e. The third-order valence-corrected chi connectivity index (χ3v) is 3.14. The molecule has 0 fully saturated rings. The lowest BCUT2D eigenvalue weighted by Crippen LogP contribution is -2.25. The van der Waals surface area contributed by atoms with E-state index in [1.54, 1.807) is 0 Å². The Kier molecular flexibility index (Phi) is 4.13. The van der Waals surface area contributed by atoms with Crippen molar-refractivity contribution in [2.45, 2.75) is 46.1 Å². The Morgan fingerprint density at radius 1 is 1.17 bits per heavy atom. The molecule has 0 unspecified atom stereocenters. The van der Waals surface area contributed by atoms with E-state index in [4.69, 9.17) is 0 Å². The van der Waals surface area contributed by atoms with E-state index >= 15 is 0 Å². The maximum absolute atomic E-state index is 12.4. The molecule has 18 heavy (non-hydrogen) atoms. The fourth-order valence-corrected chi connectivity index (χ4v) is 2.19. The molecule has 0 spiro atoms. The normalized spacial score (nSPS) is 11.0. The van der Waals surface area contributed by atoms with E-state index in [0.717, 1.165) is 49.0 Å². The van der Waals surface area contributed by atoms with Gasteiger partial charge in [-0.05, 0) is 25.0 Å². The number of hydrogen-bond acceptors (Lipinski definition) is 2. The molecule has 0 aliphatic rings. The van der Waals surface area contributed by atoms with E-state index in [-0.39, 0.29) is 5.56 Å². The van der Waals surface area contributed by atoms with Gasteiger partial charge in [0.15, 0.2) is 0 Å². The predicted octanol–water partition coefficient (Wildman–Crippen LogP) is 3.15. The molecule has 0 saturated carbocycles. The van der Waals surface area contributed by atoms with Gasteiger partial charge < -0.3 is 0 Å². The molecule has 2 rings (SSSR count). The Balaban J connectivity index is 2.59. The van der Waals surface area contributed by atoms with E-state index in [1.165, 1.54) is 0 Å². The Hall–Kier alpha value is -1.64. The number of hydrogen-bond donors (Lipinski definition) is 0.